The van der Waals surface area contributed by atoms with Gasteiger partial charge in [0.15, 0.2) is 0 Å². The monoisotopic (exact) mass is 338 g/mol. The quantitative estimate of drug-likeness (QED) is 0.720. The minimum absolute atomic E-state index is 0.268. The van der Waals surface area contributed by atoms with Crippen LogP contribution in [0.3, 0.4) is 0 Å². The molecule has 110 valence electrons. The molecule has 0 saturated heterocycles. The third-order valence-electron chi connectivity index (χ3n) is 3.08. The average molecular weight is 339 g/mol. The number of hydrogen-bond acceptors (Lipinski definition) is 3. The Bertz CT molecular complexity index is 466. The Balaban J connectivity index is 2.43. The lowest BCUT2D eigenvalue weighted by molar-refractivity contribution is 0.282. The molecule has 0 bridgehead atoms. The van der Waals surface area contributed by atoms with Crippen LogP contribution in [0.2, 0.25) is 0 Å². The van der Waals surface area contributed by atoms with E-state index in [1.807, 2.05) is 19.9 Å². The second-order valence-corrected chi connectivity index (χ2v) is 6.35. The molecule has 1 aromatic rings. The van der Waals surface area contributed by atoms with Gasteiger partial charge >= 0.3 is 0 Å². The fourth-order valence-corrected chi connectivity index (χ4v) is 2.33. The van der Waals surface area contributed by atoms with Crippen LogP contribution in [0.15, 0.2) is 22.7 Å². The molecule has 0 atom stereocenters. The predicted octanol–water partition coefficient (Wildman–Crippen LogP) is 4.27. The molecule has 0 spiro atoms. The van der Waals surface area contributed by atoms with Crippen molar-refractivity contribution < 1.29 is 4.74 Å². The zero-order valence-electron chi connectivity index (χ0n) is 12.5. The molecule has 0 aromatic heterocycles. The Kier molecular flexibility index (Phi) is 7.04. The van der Waals surface area contributed by atoms with E-state index in [0.717, 1.165) is 36.2 Å². The van der Waals surface area contributed by atoms with Gasteiger partial charge in [0.2, 0.25) is 0 Å². The van der Waals surface area contributed by atoms with Gasteiger partial charge < -0.3 is 10.1 Å². The molecule has 0 unspecified atom stereocenters. The Morgan fingerprint density at radius 1 is 1.40 bits per heavy atom. The van der Waals surface area contributed by atoms with Crippen LogP contribution in [-0.2, 0) is 6.54 Å². The van der Waals surface area contributed by atoms with Crippen molar-refractivity contribution in [1.29, 1.82) is 5.26 Å². The van der Waals surface area contributed by atoms with E-state index in [1.54, 1.807) is 0 Å². The largest absolute Gasteiger partial charge is 0.492 e. The first kappa shape index (κ1) is 17.0. The van der Waals surface area contributed by atoms with E-state index in [9.17, 15) is 0 Å². The first-order chi connectivity index (χ1) is 9.48. The van der Waals surface area contributed by atoms with Gasteiger partial charge in [0, 0.05) is 6.54 Å². The molecule has 0 fully saturated rings. The average Bonchev–Trinajstić information content (AvgIpc) is 2.43. The van der Waals surface area contributed by atoms with Gasteiger partial charge in [-0.05, 0) is 66.9 Å². The van der Waals surface area contributed by atoms with E-state index in [2.05, 4.69) is 46.4 Å². The molecule has 0 saturated carbocycles. The number of nitrogens with zero attached hydrogens (tertiary/aromatic N) is 1. The van der Waals surface area contributed by atoms with E-state index in [1.165, 1.54) is 5.56 Å². The molecule has 0 heterocycles. The molecule has 1 rings (SSSR count). The van der Waals surface area contributed by atoms with Crippen molar-refractivity contribution >= 4 is 15.9 Å². The Labute approximate surface area is 130 Å². The van der Waals surface area contributed by atoms with Gasteiger partial charge in [-0.25, -0.2) is 0 Å². The van der Waals surface area contributed by atoms with Crippen molar-refractivity contribution in [2.45, 2.75) is 40.2 Å². The summed E-state index contributed by atoms with van der Waals surface area (Å²) in [5.41, 5.74) is 0.965. The third-order valence-corrected chi connectivity index (χ3v) is 3.70. The highest BCUT2D eigenvalue weighted by Crippen LogP contribution is 2.27. The lowest BCUT2D eigenvalue weighted by Gasteiger charge is -2.15. The van der Waals surface area contributed by atoms with Gasteiger partial charge in [-0.15, -0.1) is 0 Å². The van der Waals surface area contributed by atoms with E-state index < -0.39 is 0 Å². The summed E-state index contributed by atoms with van der Waals surface area (Å²) in [5.74, 6) is 0.861. The van der Waals surface area contributed by atoms with Crippen molar-refractivity contribution in [2.75, 3.05) is 13.2 Å². The maximum atomic E-state index is 8.95. The molecule has 3 nitrogen and oxygen atoms in total. The molecule has 0 aliphatic carbocycles. The summed E-state index contributed by atoms with van der Waals surface area (Å²) < 4.78 is 6.74. The van der Waals surface area contributed by atoms with Crippen LogP contribution in [0.5, 0.6) is 5.75 Å². The SMILES string of the molecule is CCNCc1ccc(OCCCC(C)(C)C#N)c(Br)c1. The molecule has 0 radical (unpaired) electrons. The molecule has 1 aromatic carbocycles. The van der Waals surface area contributed by atoms with Crippen molar-refractivity contribution in [3.05, 3.63) is 28.2 Å². The van der Waals surface area contributed by atoms with E-state index in [-0.39, 0.29) is 5.41 Å². The van der Waals surface area contributed by atoms with Crippen LogP contribution in [0, 0.1) is 16.7 Å². The Morgan fingerprint density at radius 2 is 2.15 bits per heavy atom. The number of nitriles is 1. The van der Waals surface area contributed by atoms with E-state index >= 15 is 0 Å². The Morgan fingerprint density at radius 3 is 2.75 bits per heavy atom. The van der Waals surface area contributed by atoms with Crippen LogP contribution in [0.4, 0.5) is 0 Å². The molecule has 0 aliphatic heterocycles. The molecule has 0 amide bonds. The summed E-state index contributed by atoms with van der Waals surface area (Å²) in [4.78, 5) is 0. The number of ether oxygens (including phenoxy) is 1. The van der Waals surface area contributed by atoms with Crippen LogP contribution in [-0.4, -0.2) is 13.2 Å². The van der Waals surface area contributed by atoms with Gasteiger partial charge in [-0.2, -0.15) is 5.26 Å². The van der Waals surface area contributed by atoms with E-state index in [4.69, 9.17) is 10.00 Å². The fraction of sp³-hybridized carbons (Fsp3) is 0.562. The summed E-state index contributed by atoms with van der Waals surface area (Å²) in [6.45, 7) is 8.47. The highest BCUT2D eigenvalue weighted by Gasteiger charge is 2.15. The van der Waals surface area contributed by atoms with Crippen LogP contribution >= 0.6 is 15.9 Å². The number of halogens is 1. The maximum Gasteiger partial charge on any atom is 0.133 e. The molecular weight excluding hydrogens is 316 g/mol. The number of benzene rings is 1. The minimum atomic E-state index is -0.268. The van der Waals surface area contributed by atoms with Crippen LogP contribution in [0.1, 0.15) is 39.2 Å². The molecular formula is C16H23BrN2O. The first-order valence-electron chi connectivity index (χ1n) is 7.01. The van der Waals surface area contributed by atoms with Gasteiger partial charge in [-0.3, -0.25) is 0 Å². The van der Waals surface area contributed by atoms with Gasteiger partial charge in [0.1, 0.15) is 5.75 Å². The first-order valence-corrected chi connectivity index (χ1v) is 7.81. The van der Waals surface area contributed by atoms with Gasteiger partial charge in [0.25, 0.3) is 0 Å². The predicted molar refractivity (Wildman–Crippen MR) is 85.6 cm³/mol. The van der Waals surface area contributed by atoms with Crippen molar-refractivity contribution in [2.24, 2.45) is 5.41 Å². The minimum Gasteiger partial charge on any atom is -0.492 e. The molecule has 4 heteroatoms. The topological polar surface area (TPSA) is 45.0 Å². The lowest BCUT2D eigenvalue weighted by Crippen LogP contribution is -2.12. The second kappa shape index (κ2) is 8.28. The van der Waals surface area contributed by atoms with Gasteiger partial charge in [-0.1, -0.05) is 13.0 Å². The molecule has 1 N–H and O–H groups in total. The van der Waals surface area contributed by atoms with E-state index in [0.29, 0.717) is 6.61 Å². The molecule has 20 heavy (non-hydrogen) atoms. The lowest BCUT2D eigenvalue weighted by atomic mass is 9.90. The smallest absolute Gasteiger partial charge is 0.133 e. The summed E-state index contributed by atoms with van der Waals surface area (Å²) in [5, 5.41) is 12.2. The summed E-state index contributed by atoms with van der Waals surface area (Å²) in [6, 6.07) is 8.45. The highest BCUT2D eigenvalue weighted by atomic mass is 79.9. The summed E-state index contributed by atoms with van der Waals surface area (Å²) in [7, 11) is 0. The summed E-state index contributed by atoms with van der Waals surface area (Å²) >= 11 is 3.54. The standard InChI is InChI=1S/C16H23BrN2O/c1-4-19-11-13-6-7-15(14(17)10-13)20-9-5-8-16(2,3)12-18/h6-7,10,19H,4-5,8-9,11H2,1-3H3. The zero-order valence-corrected chi connectivity index (χ0v) is 14.1. The van der Waals surface area contributed by atoms with Crippen LogP contribution in [0.25, 0.3) is 0 Å². The maximum absolute atomic E-state index is 8.95. The normalized spacial score (nSPS) is 11.2. The number of hydrogen-bond donors (Lipinski definition) is 1. The number of nitrogens with one attached hydrogen (secondary N) is 1. The van der Waals surface area contributed by atoms with Crippen LogP contribution < -0.4 is 10.1 Å². The fourth-order valence-electron chi connectivity index (χ4n) is 1.79. The van der Waals surface area contributed by atoms with Gasteiger partial charge in [0.05, 0.1) is 22.6 Å². The van der Waals surface area contributed by atoms with Crippen molar-refractivity contribution in [3.63, 3.8) is 0 Å². The second-order valence-electron chi connectivity index (χ2n) is 5.49. The third kappa shape index (κ3) is 5.94. The number of rotatable bonds is 8. The van der Waals surface area contributed by atoms with Crippen molar-refractivity contribution in [3.8, 4) is 11.8 Å². The Hall–Kier alpha value is -1.05. The molecule has 0 aliphatic rings. The zero-order chi connectivity index (χ0) is 15.0. The summed E-state index contributed by atoms with van der Waals surface area (Å²) in [6.07, 6.45) is 1.73. The highest BCUT2D eigenvalue weighted by molar-refractivity contribution is 9.10. The van der Waals surface area contributed by atoms with Crippen molar-refractivity contribution in [1.82, 2.24) is 5.32 Å².